The Bertz CT molecular complexity index is 521. The normalized spacial score (nSPS) is 15.2. The summed E-state index contributed by atoms with van der Waals surface area (Å²) in [6.45, 7) is 6.09. The van der Waals surface area contributed by atoms with Crippen molar-refractivity contribution in [3.8, 4) is 6.07 Å². The van der Waals surface area contributed by atoms with Crippen molar-refractivity contribution in [3.05, 3.63) is 29.8 Å². The Morgan fingerprint density at radius 3 is 2.91 bits per heavy atom. The summed E-state index contributed by atoms with van der Waals surface area (Å²) in [7, 11) is 0. The summed E-state index contributed by atoms with van der Waals surface area (Å²) >= 11 is 0. The maximum Gasteiger partial charge on any atom is 0.225 e. The average molecular weight is 302 g/mol. The van der Waals surface area contributed by atoms with Gasteiger partial charge in [-0.1, -0.05) is 6.07 Å². The van der Waals surface area contributed by atoms with E-state index in [1.54, 1.807) is 24.3 Å². The minimum Gasteiger partial charge on any atom is -0.379 e. The lowest BCUT2D eigenvalue weighted by molar-refractivity contribution is -0.116. The number of anilines is 1. The standard InChI is InChI=1S/C16H22N4O2/c17-13-14-2-1-3-15(12-14)19-16(21)4-5-18-6-7-20-8-10-22-11-9-20/h1-3,12,18H,4-11H2,(H,19,21). The molecule has 1 heterocycles. The highest BCUT2D eigenvalue weighted by Crippen LogP contribution is 2.09. The highest BCUT2D eigenvalue weighted by Gasteiger charge is 2.09. The summed E-state index contributed by atoms with van der Waals surface area (Å²) in [6, 6.07) is 8.98. The number of nitrogens with one attached hydrogen (secondary N) is 2. The topological polar surface area (TPSA) is 77.4 Å². The Labute approximate surface area is 131 Å². The zero-order valence-electron chi connectivity index (χ0n) is 12.7. The van der Waals surface area contributed by atoms with E-state index in [1.165, 1.54) is 0 Å². The van der Waals surface area contributed by atoms with Crippen molar-refractivity contribution < 1.29 is 9.53 Å². The first kappa shape index (κ1) is 16.4. The SMILES string of the molecule is N#Cc1cccc(NC(=O)CCNCCN2CCOCC2)c1. The molecule has 0 spiro atoms. The van der Waals surface area contributed by atoms with Gasteiger partial charge in [0.15, 0.2) is 0 Å². The van der Waals surface area contributed by atoms with Crippen molar-refractivity contribution in [1.82, 2.24) is 10.2 Å². The van der Waals surface area contributed by atoms with Crippen LogP contribution in [0.5, 0.6) is 0 Å². The molecule has 1 aliphatic heterocycles. The molecule has 0 bridgehead atoms. The van der Waals surface area contributed by atoms with E-state index < -0.39 is 0 Å². The molecule has 0 atom stereocenters. The molecule has 6 heteroatoms. The number of benzene rings is 1. The van der Waals surface area contributed by atoms with E-state index in [4.69, 9.17) is 10.00 Å². The third kappa shape index (κ3) is 5.82. The number of ether oxygens (including phenoxy) is 1. The van der Waals surface area contributed by atoms with E-state index in [0.717, 1.165) is 39.4 Å². The summed E-state index contributed by atoms with van der Waals surface area (Å²) in [5, 5.41) is 14.9. The molecular formula is C16H22N4O2. The molecular weight excluding hydrogens is 280 g/mol. The summed E-state index contributed by atoms with van der Waals surface area (Å²) in [6.07, 6.45) is 0.417. The fourth-order valence-corrected chi connectivity index (χ4v) is 2.28. The number of nitriles is 1. The number of morpholine rings is 1. The fourth-order valence-electron chi connectivity index (χ4n) is 2.28. The van der Waals surface area contributed by atoms with Gasteiger partial charge in [-0.3, -0.25) is 9.69 Å². The van der Waals surface area contributed by atoms with Gasteiger partial charge in [0, 0.05) is 44.8 Å². The van der Waals surface area contributed by atoms with Crippen molar-refractivity contribution in [2.45, 2.75) is 6.42 Å². The van der Waals surface area contributed by atoms with E-state index in [1.807, 2.05) is 0 Å². The molecule has 1 aliphatic rings. The number of carbonyl (C=O) groups is 1. The zero-order valence-corrected chi connectivity index (χ0v) is 12.7. The molecule has 1 amide bonds. The third-order valence-corrected chi connectivity index (χ3v) is 3.51. The molecule has 1 aromatic rings. The van der Waals surface area contributed by atoms with Crippen molar-refractivity contribution in [3.63, 3.8) is 0 Å². The Hall–Kier alpha value is -1.94. The molecule has 1 saturated heterocycles. The van der Waals surface area contributed by atoms with Crippen molar-refractivity contribution >= 4 is 11.6 Å². The van der Waals surface area contributed by atoms with E-state index in [0.29, 0.717) is 24.2 Å². The van der Waals surface area contributed by atoms with Gasteiger partial charge in [-0.05, 0) is 18.2 Å². The largest absolute Gasteiger partial charge is 0.379 e. The zero-order chi connectivity index (χ0) is 15.6. The van der Waals surface area contributed by atoms with Gasteiger partial charge in [-0.25, -0.2) is 0 Å². The highest BCUT2D eigenvalue weighted by atomic mass is 16.5. The second-order valence-corrected chi connectivity index (χ2v) is 5.19. The van der Waals surface area contributed by atoms with Crippen LogP contribution in [0, 0.1) is 11.3 Å². The molecule has 2 rings (SSSR count). The molecule has 0 aromatic heterocycles. The predicted molar refractivity (Wildman–Crippen MR) is 84.5 cm³/mol. The molecule has 1 fully saturated rings. The van der Waals surface area contributed by atoms with Gasteiger partial charge in [0.1, 0.15) is 0 Å². The quantitative estimate of drug-likeness (QED) is 0.729. The van der Waals surface area contributed by atoms with E-state index in [-0.39, 0.29) is 5.91 Å². The second kappa shape index (κ2) is 9.15. The lowest BCUT2D eigenvalue weighted by Gasteiger charge is -2.26. The van der Waals surface area contributed by atoms with Gasteiger partial charge in [0.05, 0.1) is 24.8 Å². The number of amides is 1. The monoisotopic (exact) mass is 302 g/mol. The number of rotatable bonds is 7. The first-order valence-electron chi connectivity index (χ1n) is 7.59. The predicted octanol–water partition coefficient (Wildman–Crippen LogP) is 0.809. The molecule has 0 saturated carbocycles. The van der Waals surface area contributed by atoms with Crippen LogP contribution in [0.15, 0.2) is 24.3 Å². The summed E-state index contributed by atoms with van der Waals surface area (Å²) in [5.41, 5.74) is 1.21. The maximum atomic E-state index is 11.8. The summed E-state index contributed by atoms with van der Waals surface area (Å²) in [5.74, 6) is -0.0473. The van der Waals surface area contributed by atoms with Crippen LogP contribution >= 0.6 is 0 Å². The Morgan fingerprint density at radius 2 is 2.14 bits per heavy atom. The lowest BCUT2D eigenvalue weighted by Crippen LogP contribution is -2.40. The van der Waals surface area contributed by atoms with Crippen LogP contribution in [0.25, 0.3) is 0 Å². The van der Waals surface area contributed by atoms with Gasteiger partial charge in [0.2, 0.25) is 5.91 Å². The Balaban J connectivity index is 1.58. The molecule has 2 N–H and O–H groups in total. The maximum absolute atomic E-state index is 11.8. The molecule has 0 aliphatic carbocycles. The van der Waals surface area contributed by atoms with Gasteiger partial charge in [-0.15, -0.1) is 0 Å². The van der Waals surface area contributed by atoms with Gasteiger partial charge < -0.3 is 15.4 Å². The third-order valence-electron chi connectivity index (χ3n) is 3.51. The van der Waals surface area contributed by atoms with Crippen LogP contribution in [0.3, 0.4) is 0 Å². The fraction of sp³-hybridized carbons (Fsp3) is 0.500. The number of hydrogen-bond acceptors (Lipinski definition) is 5. The average Bonchev–Trinajstić information content (AvgIpc) is 2.55. The van der Waals surface area contributed by atoms with Gasteiger partial charge in [0.25, 0.3) is 0 Å². The van der Waals surface area contributed by atoms with Crippen LogP contribution < -0.4 is 10.6 Å². The number of nitrogens with zero attached hydrogens (tertiary/aromatic N) is 2. The van der Waals surface area contributed by atoms with Gasteiger partial charge >= 0.3 is 0 Å². The van der Waals surface area contributed by atoms with Crippen LogP contribution in [-0.4, -0.2) is 56.7 Å². The minimum absolute atomic E-state index is 0.0473. The molecule has 0 radical (unpaired) electrons. The van der Waals surface area contributed by atoms with Crippen LogP contribution in [0.2, 0.25) is 0 Å². The van der Waals surface area contributed by atoms with Crippen molar-refractivity contribution in [2.24, 2.45) is 0 Å². The summed E-state index contributed by atoms with van der Waals surface area (Å²) < 4.78 is 5.30. The van der Waals surface area contributed by atoms with Crippen LogP contribution in [0.4, 0.5) is 5.69 Å². The Kier molecular flexibility index (Phi) is 6.84. The highest BCUT2D eigenvalue weighted by molar-refractivity contribution is 5.90. The summed E-state index contributed by atoms with van der Waals surface area (Å²) in [4.78, 5) is 14.2. The van der Waals surface area contributed by atoms with Crippen molar-refractivity contribution in [2.75, 3.05) is 51.3 Å². The van der Waals surface area contributed by atoms with Crippen LogP contribution in [0.1, 0.15) is 12.0 Å². The van der Waals surface area contributed by atoms with Crippen LogP contribution in [-0.2, 0) is 9.53 Å². The smallest absolute Gasteiger partial charge is 0.225 e. The van der Waals surface area contributed by atoms with E-state index in [2.05, 4.69) is 21.6 Å². The molecule has 118 valence electrons. The molecule has 6 nitrogen and oxygen atoms in total. The minimum atomic E-state index is -0.0473. The van der Waals surface area contributed by atoms with E-state index in [9.17, 15) is 4.79 Å². The van der Waals surface area contributed by atoms with Gasteiger partial charge in [-0.2, -0.15) is 5.26 Å². The van der Waals surface area contributed by atoms with E-state index >= 15 is 0 Å². The molecule has 1 aromatic carbocycles. The lowest BCUT2D eigenvalue weighted by atomic mass is 10.2. The molecule has 22 heavy (non-hydrogen) atoms. The first-order valence-corrected chi connectivity index (χ1v) is 7.59. The Morgan fingerprint density at radius 1 is 1.32 bits per heavy atom. The number of hydrogen-bond donors (Lipinski definition) is 2. The number of carbonyl (C=O) groups excluding carboxylic acids is 1. The van der Waals surface area contributed by atoms with Crippen molar-refractivity contribution in [1.29, 1.82) is 5.26 Å². The molecule has 0 unspecified atom stereocenters. The first-order chi connectivity index (χ1) is 10.8. The second-order valence-electron chi connectivity index (χ2n) is 5.19.